The number of nitrogens with zero attached hydrogens (tertiary/aromatic N) is 1. The largest absolute Gasteiger partial charge is 0.387 e. The highest BCUT2D eigenvalue weighted by molar-refractivity contribution is 5.48. The van der Waals surface area contributed by atoms with E-state index in [4.69, 9.17) is 0 Å². The Morgan fingerprint density at radius 3 is 2.42 bits per heavy atom. The van der Waals surface area contributed by atoms with Crippen LogP contribution in [0.2, 0.25) is 0 Å². The monoisotopic (exact) mass is 262 g/mol. The smallest absolute Gasteiger partial charge is 0.0914 e. The van der Waals surface area contributed by atoms with Crippen LogP contribution in [0.4, 0.5) is 5.69 Å². The lowest BCUT2D eigenvalue weighted by molar-refractivity contribution is 0.178. The molecule has 1 saturated carbocycles. The predicted octanol–water partition coefficient (Wildman–Crippen LogP) is 2.71. The Bertz CT molecular complexity index is 371. The van der Waals surface area contributed by atoms with Crippen molar-refractivity contribution < 1.29 is 5.11 Å². The minimum absolute atomic E-state index is 0.418. The Kier molecular flexibility index (Phi) is 5.23. The molecule has 3 heteroatoms. The summed E-state index contributed by atoms with van der Waals surface area (Å²) >= 11 is 0. The van der Waals surface area contributed by atoms with Gasteiger partial charge in [0, 0.05) is 25.3 Å². The molecule has 0 heterocycles. The number of aliphatic hydroxyl groups excluding tert-OH is 1. The molecule has 0 radical (unpaired) electrons. The van der Waals surface area contributed by atoms with Crippen LogP contribution in [0, 0.1) is 0 Å². The van der Waals surface area contributed by atoms with Gasteiger partial charge >= 0.3 is 0 Å². The first-order chi connectivity index (χ1) is 9.22. The van der Waals surface area contributed by atoms with E-state index in [0.29, 0.717) is 12.6 Å². The summed E-state index contributed by atoms with van der Waals surface area (Å²) in [5.41, 5.74) is 2.24. The lowest BCUT2D eigenvalue weighted by Gasteiger charge is -2.33. The summed E-state index contributed by atoms with van der Waals surface area (Å²) in [6, 6.07) is 9.01. The fourth-order valence-electron chi connectivity index (χ4n) is 2.92. The molecule has 0 aromatic heterocycles. The standard InChI is InChI=1S/C16H26N2O/c1-17-12-16(19)13-8-10-15(11-9-13)18(2)14-6-4-3-5-7-14/h8-11,14,16-17,19H,3-7,12H2,1-2H3. The van der Waals surface area contributed by atoms with E-state index in [-0.39, 0.29) is 0 Å². The second-order valence-electron chi connectivity index (χ2n) is 5.57. The average Bonchev–Trinajstić information content (AvgIpc) is 2.48. The van der Waals surface area contributed by atoms with E-state index < -0.39 is 6.10 Å². The van der Waals surface area contributed by atoms with Crippen LogP contribution >= 0.6 is 0 Å². The normalized spacial score (nSPS) is 18.3. The minimum Gasteiger partial charge on any atom is -0.387 e. The summed E-state index contributed by atoms with van der Waals surface area (Å²) in [5.74, 6) is 0. The molecule has 3 nitrogen and oxygen atoms in total. The Labute approximate surface area is 116 Å². The molecule has 1 unspecified atom stereocenters. The zero-order valence-electron chi connectivity index (χ0n) is 12.1. The molecular formula is C16H26N2O. The third kappa shape index (κ3) is 3.71. The SMILES string of the molecule is CNCC(O)c1ccc(N(C)C2CCCCC2)cc1. The van der Waals surface area contributed by atoms with Gasteiger partial charge in [-0.25, -0.2) is 0 Å². The van der Waals surface area contributed by atoms with Crippen molar-refractivity contribution in [2.24, 2.45) is 0 Å². The van der Waals surface area contributed by atoms with Crippen molar-refractivity contribution in [3.8, 4) is 0 Å². The van der Waals surface area contributed by atoms with Crippen molar-refractivity contribution in [1.29, 1.82) is 0 Å². The highest BCUT2D eigenvalue weighted by Crippen LogP contribution is 2.26. The van der Waals surface area contributed by atoms with Crippen molar-refractivity contribution in [2.75, 3.05) is 25.5 Å². The summed E-state index contributed by atoms with van der Waals surface area (Å²) in [4.78, 5) is 2.40. The van der Waals surface area contributed by atoms with Crippen molar-refractivity contribution in [3.63, 3.8) is 0 Å². The van der Waals surface area contributed by atoms with Crippen LogP contribution in [0.3, 0.4) is 0 Å². The predicted molar refractivity (Wildman–Crippen MR) is 80.6 cm³/mol. The van der Waals surface area contributed by atoms with Gasteiger partial charge in [0.1, 0.15) is 0 Å². The first-order valence-electron chi connectivity index (χ1n) is 7.38. The molecule has 1 aliphatic rings. The van der Waals surface area contributed by atoms with Crippen LogP contribution in [0.5, 0.6) is 0 Å². The van der Waals surface area contributed by atoms with Gasteiger partial charge in [0.25, 0.3) is 0 Å². The first-order valence-corrected chi connectivity index (χ1v) is 7.38. The molecule has 1 aliphatic carbocycles. The topological polar surface area (TPSA) is 35.5 Å². The quantitative estimate of drug-likeness (QED) is 0.856. The van der Waals surface area contributed by atoms with E-state index in [1.54, 1.807) is 0 Å². The first kappa shape index (κ1) is 14.4. The van der Waals surface area contributed by atoms with Crippen molar-refractivity contribution in [3.05, 3.63) is 29.8 Å². The maximum absolute atomic E-state index is 9.92. The number of nitrogens with one attached hydrogen (secondary N) is 1. The van der Waals surface area contributed by atoms with Gasteiger partial charge < -0.3 is 15.3 Å². The molecule has 2 N–H and O–H groups in total. The highest BCUT2D eigenvalue weighted by atomic mass is 16.3. The Hall–Kier alpha value is -1.06. The van der Waals surface area contributed by atoms with Crippen LogP contribution < -0.4 is 10.2 Å². The van der Waals surface area contributed by atoms with Crippen LogP contribution in [0.1, 0.15) is 43.8 Å². The molecule has 106 valence electrons. The number of hydrogen-bond donors (Lipinski definition) is 2. The zero-order valence-corrected chi connectivity index (χ0v) is 12.1. The van der Waals surface area contributed by atoms with E-state index in [9.17, 15) is 5.11 Å². The fourth-order valence-corrected chi connectivity index (χ4v) is 2.92. The number of rotatable bonds is 5. The molecule has 0 aliphatic heterocycles. The highest BCUT2D eigenvalue weighted by Gasteiger charge is 2.18. The summed E-state index contributed by atoms with van der Waals surface area (Å²) in [5, 5.41) is 12.9. The maximum atomic E-state index is 9.92. The average molecular weight is 262 g/mol. The zero-order chi connectivity index (χ0) is 13.7. The molecule has 0 saturated heterocycles. The molecule has 1 atom stereocenters. The Balaban J connectivity index is 2.00. The lowest BCUT2D eigenvalue weighted by atomic mass is 9.94. The second kappa shape index (κ2) is 6.92. The Morgan fingerprint density at radius 2 is 1.84 bits per heavy atom. The number of benzene rings is 1. The molecule has 1 aromatic rings. The fraction of sp³-hybridized carbons (Fsp3) is 0.625. The minimum atomic E-state index is -0.418. The van der Waals surface area contributed by atoms with Gasteiger partial charge in [0.15, 0.2) is 0 Å². The van der Waals surface area contributed by atoms with Crippen molar-refractivity contribution in [2.45, 2.75) is 44.2 Å². The Morgan fingerprint density at radius 1 is 1.21 bits per heavy atom. The van der Waals surface area contributed by atoms with E-state index in [0.717, 1.165) is 5.56 Å². The molecule has 0 bridgehead atoms. The van der Waals surface area contributed by atoms with E-state index in [1.165, 1.54) is 37.8 Å². The molecule has 1 aromatic carbocycles. The molecule has 19 heavy (non-hydrogen) atoms. The van der Waals surface area contributed by atoms with Gasteiger partial charge in [-0.3, -0.25) is 0 Å². The molecule has 0 spiro atoms. The number of aliphatic hydroxyl groups is 1. The van der Waals surface area contributed by atoms with Gasteiger partial charge in [0.2, 0.25) is 0 Å². The van der Waals surface area contributed by atoms with E-state index in [2.05, 4.69) is 29.4 Å². The number of likely N-dealkylation sites (N-methyl/N-ethyl adjacent to an activating group) is 1. The van der Waals surface area contributed by atoms with Gasteiger partial charge in [-0.1, -0.05) is 31.4 Å². The van der Waals surface area contributed by atoms with Crippen LogP contribution in [0.25, 0.3) is 0 Å². The van der Waals surface area contributed by atoms with Crippen LogP contribution in [0.15, 0.2) is 24.3 Å². The molecule has 1 fully saturated rings. The lowest BCUT2D eigenvalue weighted by Crippen LogP contribution is -2.33. The summed E-state index contributed by atoms with van der Waals surface area (Å²) < 4.78 is 0. The third-order valence-electron chi connectivity index (χ3n) is 4.21. The summed E-state index contributed by atoms with van der Waals surface area (Å²) in [6.07, 6.45) is 6.29. The van der Waals surface area contributed by atoms with E-state index >= 15 is 0 Å². The third-order valence-corrected chi connectivity index (χ3v) is 4.21. The van der Waals surface area contributed by atoms with E-state index in [1.807, 2.05) is 19.2 Å². The van der Waals surface area contributed by atoms with Crippen molar-refractivity contribution >= 4 is 5.69 Å². The molecular weight excluding hydrogens is 236 g/mol. The summed E-state index contributed by atoms with van der Waals surface area (Å²) in [7, 11) is 4.05. The molecule has 0 amide bonds. The molecule has 2 rings (SSSR count). The second-order valence-corrected chi connectivity index (χ2v) is 5.57. The number of hydrogen-bond acceptors (Lipinski definition) is 3. The van der Waals surface area contributed by atoms with Gasteiger partial charge in [-0.05, 0) is 37.6 Å². The van der Waals surface area contributed by atoms with Crippen LogP contribution in [-0.2, 0) is 0 Å². The van der Waals surface area contributed by atoms with Gasteiger partial charge in [-0.2, -0.15) is 0 Å². The number of anilines is 1. The summed E-state index contributed by atoms with van der Waals surface area (Å²) in [6.45, 7) is 0.595. The van der Waals surface area contributed by atoms with Gasteiger partial charge in [-0.15, -0.1) is 0 Å². The van der Waals surface area contributed by atoms with Gasteiger partial charge in [0.05, 0.1) is 6.10 Å². The maximum Gasteiger partial charge on any atom is 0.0914 e. The van der Waals surface area contributed by atoms with Crippen molar-refractivity contribution in [1.82, 2.24) is 5.32 Å². The van der Waals surface area contributed by atoms with Crippen LogP contribution in [-0.4, -0.2) is 31.8 Å².